The molecule has 2 aliphatic rings. The normalized spacial score (nSPS) is 17.0. The Hall–Kier alpha value is -4.15. The highest BCUT2D eigenvalue weighted by Gasteiger charge is 2.45. The molecule has 4 heterocycles. The summed E-state index contributed by atoms with van der Waals surface area (Å²) in [6, 6.07) is 14.6. The SMILES string of the molecule is CCc1c2c(nc3ccc(OC(=O)OCc4ccc(SC)cc4)cc13)-c1cc3c(c(=O)n1C2)COC(=O)C3(O)CC. The highest BCUT2D eigenvalue weighted by Crippen LogP contribution is 2.40. The number of aliphatic hydroxyl groups is 1. The maximum absolute atomic E-state index is 13.5. The maximum atomic E-state index is 13.5. The predicted molar refractivity (Wildman–Crippen MR) is 153 cm³/mol. The van der Waals surface area contributed by atoms with Crippen molar-refractivity contribution in [1.82, 2.24) is 9.55 Å². The van der Waals surface area contributed by atoms with Gasteiger partial charge in [-0.3, -0.25) is 4.79 Å². The topological polar surface area (TPSA) is 117 Å². The second kappa shape index (κ2) is 10.4. The van der Waals surface area contributed by atoms with Crippen LogP contribution in [0.5, 0.6) is 5.75 Å². The fourth-order valence-electron chi connectivity index (χ4n) is 5.60. The quantitative estimate of drug-likeness (QED) is 0.169. The molecule has 0 radical (unpaired) electrons. The lowest BCUT2D eigenvalue weighted by molar-refractivity contribution is -0.172. The van der Waals surface area contributed by atoms with E-state index in [1.54, 1.807) is 47.5 Å². The van der Waals surface area contributed by atoms with E-state index in [2.05, 4.69) is 0 Å². The lowest BCUT2D eigenvalue weighted by Gasteiger charge is -2.31. The van der Waals surface area contributed by atoms with E-state index in [1.807, 2.05) is 37.4 Å². The Labute approximate surface area is 240 Å². The molecule has 41 heavy (non-hydrogen) atoms. The van der Waals surface area contributed by atoms with Crippen LogP contribution in [0.25, 0.3) is 22.3 Å². The van der Waals surface area contributed by atoms with Gasteiger partial charge in [-0.25, -0.2) is 14.6 Å². The number of hydrogen-bond donors (Lipinski definition) is 1. The van der Waals surface area contributed by atoms with Gasteiger partial charge in [0.25, 0.3) is 5.56 Å². The van der Waals surface area contributed by atoms with E-state index in [0.717, 1.165) is 27.0 Å². The van der Waals surface area contributed by atoms with Gasteiger partial charge in [-0.15, -0.1) is 11.8 Å². The maximum Gasteiger partial charge on any atom is 0.514 e. The van der Waals surface area contributed by atoms with Gasteiger partial charge < -0.3 is 23.9 Å². The smallest absolute Gasteiger partial charge is 0.458 e. The summed E-state index contributed by atoms with van der Waals surface area (Å²) in [7, 11) is 0. The average molecular weight is 573 g/mol. The van der Waals surface area contributed by atoms with Crippen LogP contribution in [0.2, 0.25) is 0 Å². The molecule has 2 aliphatic heterocycles. The fraction of sp³-hybridized carbons (Fsp3) is 0.290. The molecule has 0 aliphatic carbocycles. The molecule has 2 aromatic heterocycles. The molecule has 0 saturated carbocycles. The lowest BCUT2D eigenvalue weighted by atomic mass is 9.86. The van der Waals surface area contributed by atoms with Gasteiger partial charge in [-0.2, -0.15) is 0 Å². The van der Waals surface area contributed by atoms with Crippen LogP contribution in [0.4, 0.5) is 4.79 Å². The van der Waals surface area contributed by atoms with E-state index in [9.17, 15) is 19.5 Å². The molecule has 0 bridgehead atoms. The molecule has 6 rings (SSSR count). The second-order valence-electron chi connectivity index (χ2n) is 10.0. The molecule has 1 atom stereocenters. The van der Waals surface area contributed by atoms with Crippen LogP contribution >= 0.6 is 11.8 Å². The highest BCUT2D eigenvalue weighted by atomic mass is 32.2. The fourth-order valence-corrected chi connectivity index (χ4v) is 6.01. The minimum Gasteiger partial charge on any atom is -0.458 e. The van der Waals surface area contributed by atoms with Gasteiger partial charge in [0.2, 0.25) is 0 Å². The number of aryl methyl sites for hydroxylation is 1. The van der Waals surface area contributed by atoms with Gasteiger partial charge in [0.1, 0.15) is 19.0 Å². The molecule has 9 nitrogen and oxygen atoms in total. The molecule has 4 aromatic rings. The predicted octanol–water partition coefficient (Wildman–Crippen LogP) is 5.08. The van der Waals surface area contributed by atoms with Crippen molar-refractivity contribution in [2.45, 2.75) is 56.9 Å². The molecule has 1 unspecified atom stereocenters. The summed E-state index contributed by atoms with van der Waals surface area (Å²) in [6.07, 6.45) is 1.91. The number of pyridine rings is 2. The Morgan fingerprint density at radius 1 is 1.12 bits per heavy atom. The van der Waals surface area contributed by atoms with Gasteiger partial charge in [0, 0.05) is 21.4 Å². The number of nitrogens with zero attached hydrogens (tertiary/aromatic N) is 2. The zero-order chi connectivity index (χ0) is 28.9. The number of cyclic esters (lactones) is 1. The number of benzene rings is 2. The van der Waals surface area contributed by atoms with Crippen molar-refractivity contribution < 1.29 is 28.9 Å². The summed E-state index contributed by atoms with van der Waals surface area (Å²) in [5.41, 5.74) is 2.92. The number of rotatable bonds is 6. The van der Waals surface area contributed by atoms with Gasteiger partial charge in [-0.05, 0) is 66.6 Å². The third-order valence-electron chi connectivity index (χ3n) is 7.85. The van der Waals surface area contributed by atoms with Crippen LogP contribution < -0.4 is 10.3 Å². The Morgan fingerprint density at radius 2 is 1.90 bits per heavy atom. The molecular formula is C31H28N2O7S. The van der Waals surface area contributed by atoms with E-state index in [0.29, 0.717) is 35.6 Å². The Bertz CT molecular complexity index is 1780. The summed E-state index contributed by atoms with van der Waals surface area (Å²) in [5, 5.41) is 11.9. The largest absolute Gasteiger partial charge is 0.514 e. The molecule has 0 fully saturated rings. The number of carbonyl (C=O) groups excluding carboxylic acids is 2. The van der Waals surface area contributed by atoms with Crippen molar-refractivity contribution in [3.63, 3.8) is 0 Å². The first-order valence-corrected chi connectivity index (χ1v) is 14.6. The molecule has 0 spiro atoms. The Balaban J connectivity index is 1.32. The Morgan fingerprint density at radius 3 is 2.61 bits per heavy atom. The van der Waals surface area contributed by atoms with Gasteiger partial charge in [0.05, 0.1) is 29.0 Å². The summed E-state index contributed by atoms with van der Waals surface area (Å²) in [5.74, 6) is -0.432. The molecular weight excluding hydrogens is 544 g/mol. The van der Waals surface area contributed by atoms with E-state index in [1.165, 1.54) is 0 Å². The average Bonchev–Trinajstić information content (AvgIpc) is 3.35. The first-order valence-electron chi connectivity index (χ1n) is 13.4. The lowest BCUT2D eigenvalue weighted by Crippen LogP contribution is -2.44. The number of carbonyl (C=O) groups is 2. The molecule has 2 aromatic carbocycles. The van der Waals surface area contributed by atoms with Crippen molar-refractivity contribution in [1.29, 1.82) is 0 Å². The third-order valence-corrected chi connectivity index (χ3v) is 8.59. The third kappa shape index (κ3) is 4.47. The number of esters is 1. The summed E-state index contributed by atoms with van der Waals surface area (Å²) in [6.45, 7) is 3.90. The van der Waals surface area contributed by atoms with Crippen molar-refractivity contribution in [2.24, 2.45) is 0 Å². The molecule has 1 N–H and O–H groups in total. The summed E-state index contributed by atoms with van der Waals surface area (Å²) < 4.78 is 17.6. The van der Waals surface area contributed by atoms with Crippen LogP contribution in [0.15, 0.2) is 58.2 Å². The minimum absolute atomic E-state index is 0.0788. The second-order valence-corrected chi connectivity index (χ2v) is 10.9. The van der Waals surface area contributed by atoms with Crippen LogP contribution in [-0.4, -0.2) is 33.0 Å². The van der Waals surface area contributed by atoms with E-state index < -0.39 is 17.7 Å². The number of aromatic nitrogens is 2. The molecule has 10 heteroatoms. The van der Waals surface area contributed by atoms with Gasteiger partial charge in [0.15, 0.2) is 5.60 Å². The van der Waals surface area contributed by atoms with Crippen LogP contribution in [0.3, 0.4) is 0 Å². The van der Waals surface area contributed by atoms with Crippen molar-refractivity contribution >= 4 is 34.8 Å². The van der Waals surface area contributed by atoms with Crippen molar-refractivity contribution in [3.8, 4) is 17.1 Å². The van der Waals surface area contributed by atoms with Crippen LogP contribution in [-0.2, 0) is 46.0 Å². The zero-order valence-electron chi connectivity index (χ0n) is 22.9. The summed E-state index contributed by atoms with van der Waals surface area (Å²) >= 11 is 1.64. The summed E-state index contributed by atoms with van der Waals surface area (Å²) in [4.78, 5) is 44.4. The van der Waals surface area contributed by atoms with Gasteiger partial charge >= 0.3 is 12.1 Å². The van der Waals surface area contributed by atoms with Crippen molar-refractivity contribution in [3.05, 3.63) is 86.7 Å². The first kappa shape index (κ1) is 27.0. The molecule has 210 valence electrons. The van der Waals surface area contributed by atoms with Gasteiger partial charge in [-0.1, -0.05) is 26.0 Å². The minimum atomic E-state index is -1.88. The Kier molecular flexibility index (Phi) is 6.83. The van der Waals surface area contributed by atoms with Crippen LogP contribution in [0.1, 0.15) is 48.1 Å². The highest BCUT2D eigenvalue weighted by molar-refractivity contribution is 7.98. The van der Waals surface area contributed by atoms with E-state index in [4.69, 9.17) is 19.2 Å². The number of thioether (sulfide) groups is 1. The number of ether oxygens (including phenoxy) is 3. The molecule has 0 saturated heterocycles. The monoisotopic (exact) mass is 572 g/mol. The first-order chi connectivity index (χ1) is 19.8. The van der Waals surface area contributed by atoms with E-state index >= 15 is 0 Å². The van der Waals surface area contributed by atoms with E-state index in [-0.39, 0.29) is 36.3 Å². The zero-order valence-corrected chi connectivity index (χ0v) is 23.7. The molecule has 0 amide bonds. The number of hydrogen-bond acceptors (Lipinski definition) is 9. The van der Waals surface area contributed by atoms with Crippen LogP contribution in [0, 0.1) is 0 Å². The van der Waals surface area contributed by atoms with Crippen molar-refractivity contribution in [2.75, 3.05) is 6.26 Å². The standard InChI is InChI=1S/C31H28N2O7S/c1-4-20-21-12-18(40-30(36)39-15-17-6-9-19(41-3)10-7-17)8-11-25(21)32-27-22(20)14-33-26(27)13-24-23(28(33)34)16-38-29(35)31(24,37)5-2/h6-13,37H,4-5,14-16H2,1-3H3. The number of fused-ring (bicyclic) bond motifs is 5.